The average molecular weight is 285 g/mol. The molecule has 1 aromatic rings. The zero-order chi connectivity index (χ0) is 14.0. The molecule has 0 aromatic carbocycles. The smallest absolute Gasteiger partial charge is 0.247 e. The van der Waals surface area contributed by atoms with E-state index in [2.05, 4.69) is 9.88 Å². The number of aromatic nitrogens is 1. The third kappa shape index (κ3) is 3.05. The van der Waals surface area contributed by atoms with E-state index in [9.17, 15) is 13.2 Å². The Morgan fingerprint density at radius 3 is 2.74 bits per heavy atom. The van der Waals surface area contributed by atoms with Crippen molar-refractivity contribution in [1.82, 2.24) is 14.2 Å². The van der Waals surface area contributed by atoms with Crippen molar-refractivity contribution in [3.8, 4) is 0 Å². The monoisotopic (exact) mass is 285 g/mol. The van der Waals surface area contributed by atoms with Gasteiger partial charge < -0.3 is 9.88 Å². The zero-order valence-corrected chi connectivity index (χ0v) is 12.0. The largest absolute Gasteiger partial charge is 0.328 e. The molecule has 106 valence electrons. The van der Waals surface area contributed by atoms with Gasteiger partial charge in [-0.1, -0.05) is 0 Å². The first-order chi connectivity index (χ1) is 8.91. The van der Waals surface area contributed by atoms with Gasteiger partial charge in [-0.2, -0.15) is 4.31 Å². The molecule has 0 bridgehead atoms. The topological polar surface area (TPSA) is 73.5 Å². The Morgan fingerprint density at radius 1 is 1.47 bits per heavy atom. The van der Waals surface area contributed by atoms with E-state index in [0.29, 0.717) is 6.54 Å². The third-order valence-electron chi connectivity index (χ3n) is 3.60. The number of H-pyrrole nitrogens is 1. The Labute approximate surface area is 113 Å². The van der Waals surface area contributed by atoms with E-state index >= 15 is 0 Å². The minimum atomic E-state index is -3.53. The lowest BCUT2D eigenvalue weighted by Crippen LogP contribution is -2.39. The number of hydrogen-bond donors (Lipinski definition) is 1. The lowest BCUT2D eigenvalue weighted by molar-refractivity contribution is 0.271. The summed E-state index contributed by atoms with van der Waals surface area (Å²) in [5.74, 6) is 0. The van der Waals surface area contributed by atoms with Gasteiger partial charge in [-0.15, -0.1) is 0 Å². The van der Waals surface area contributed by atoms with Crippen molar-refractivity contribution in [3.63, 3.8) is 0 Å². The summed E-state index contributed by atoms with van der Waals surface area (Å²) in [5.41, 5.74) is -0.308. The summed E-state index contributed by atoms with van der Waals surface area (Å²) in [6.45, 7) is 1.48. The second-order valence-electron chi connectivity index (χ2n) is 4.95. The molecule has 1 saturated heterocycles. The van der Waals surface area contributed by atoms with Crippen LogP contribution in [0.15, 0.2) is 28.0 Å². The summed E-state index contributed by atoms with van der Waals surface area (Å²) in [4.78, 5) is 15.7. The van der Waals surface area contributed by atoms with Crippen LogP contribution in [0.4, 0.5) is 0 Å². The molecule has 0 saturated carbocycles. The third-order valence-corrected chi connectivity index (χ3v) is 5.42. The lowest BCUT2D eigenvalue weighted by Gasteiger charge is -2.25. The van der Waals surface area contributed by atoms with Gasteiger partial charge in [-0.05, 0) is 32.5 Å². The Morgan fingerprint density at radius 2 is 2.21 bits per heavy atom. The lowest BCUT2D eigenvalue weighted by atomic mass is 10.2. The predicted octanol–water partition coefficient (Wildman–Crippen LogP) is 0.0896. The minimum absolute atomic E-state index is 0.121. The van der Waals surface area contributed by atoms with Crippen LogP contribution in [0.3, 0.4) is 0 Å². The first-order valence-electron chi connectivity index (χ1n) is 6.26. The van der Waals surface area contributed by atoms with Crippen molar-refractivity contribution >= 4 is 10.0 Å². The van der Waals surface area contributed by atoms with Gasteiger partial charge in [-0.25, -0.2) is 8.42 Å². The molecule has 2 heterocycles. The van der Waals surface area contributed by atoms with E-state index in [1.54, 1.807) is 7.05 Å². The van der Waals surface area contributed by atoms with E-state index in [0.717, 1.165) is 19.4 Å². The maximum Gasteiger partial charge on any atom is 0.247 e. The maximum absolute atomic E-state index is 12.3. The van der Waals surface area contributed by atoms with Crippen LogP contribution in [-0.4, -0.2) is 55.8 Å². The number of nitrogens with one attached hydrogen (secondary N) is 1. The maximum atomic E-state index is 12.3. The van der Waals surface area contributed by atoms with E-state index in [1.807, 2.05) is 7.05 Å². The first-order valence-corrected chi connectivity index (χ1v) is 7.70. The Balaban J connectivity index is 2.14. The van der Waals surface area contributed by atoms with Gasteiger partial charge in [0, 0.05) is 31.9 Å². The average Bonchev–Trinajstić information content (AvgIpc) is 2.75. The van der Waals surface area contributed by atoms with E-state index in [1.165, 1.54) is 22.6 Å². The van der Waals surface area contributed by atoms with Gasteiger partial charge >= 0.3 is 0 Å². The van der Waals surface area contributed by atoms with Crippen LogP contribution in [-0.2, 0) is 10.0 Å². The highest BCUT2D eigenvalue weighted by Gasteiger charge is 2.28. The van der Waals surface area contributed by atoms with Crippen molar-refractivity contribution < 1.29 is 8.42 Å². The van der Waals surface area contributed by atoms with E-state index < -0.39 is 10.0 Å². The number of nitrogens with zero attached hydrogens (tertiary/aromatic N) is 2. The fourth-order valence-corrected chi connectivity index (χ4v) is 3.52. The number of likely N-dealkylation sites (tertiary alicyclic amines) is 1. The Bertz CT molecular complexity index is 576. The fraction of sp³-hybridized carbons (Fsp3) is 0.583. The molecule has 2 rings (SSSR count). The van der Waals surface area contributed by atoms with Crippen molar-refractivity contribution in [1.29, 1.82) is 0 Å². The molecule has 1 fully saturated rings. The molecular weight excluding hydrogens is 266 g/mol. The Hall–Kier alpha value is -1.18. The second-order valence-corrected chi connectivity index (χ2v) is 7.00. The zero-order valence-electron chi connectivity index (χ0n) is 11.2. The van der Waals surface area contributed by atoms with Crippen molar-refractivity contribution in [3.05, 3.63) is 28.7 Å². The number of hydrogen-bond acceptors (Lipinski definition) is 4. The van der Waals surface area contributed by atoms with Crippen LogP contribution in [0.5, 0.6) is 0 Å². The molecule has 1 N–H and O–H groups in total. The van der Waals surface area contributed by atoms with Crippen molar-refractivity contribution in [2.75, 3.05) is 27.2 Å². The minimum Gasteiger partial charge on any atom is -0.328 e. The fourth-order valence-electron chi connectivity index (χ4n) is 2.34. The molecule has 1 aliphatic rings. The quantitative estimate of drug-likeness (QED) is 0.851. The first kappa shape index (κ1) is 14.2. The summed E-state index contributed by atoms with van der Waals surface area (Å²) < 4.78 is 26.0. The van der Waals surface area contributed by atoms with Crippen LogP contribution in [0, 0.1) is 0 Å². The van der Waals surface area contributed by atoms with Crippen LogP contribution < -0.4 is 5.56 Å². The molecule has 6 nitrogen and oxygen atoms in total. The van der Waals surface area contributed by atoms with Crippen molar-refractivity contribution in [2.45, 2.75) is 23.8 Å². The van der Waals surface area contributed by atoms with Crippen LogP contribution in [0.1, 0.15) is 12.8 Å². The summed E-state index contributed by atoms with van der Waals surface area (Å²) in [6.07, 6.45) is 3.36. The van der Waals surface area contributed by atoms with Crippen LogP contribution in [0.25, 0.3) is 0 Å². The molecule has 7 heteroatoms. The predicted molar refractivity (Wildman–Crippen MR) is 72.5 cm³/mol. The van der Waals surface area contributed by atoms with Gasteiger partial charge in [0.25, 0.3) is 0 Å². The number of sulfonamides is 1. The van der Waals surface area contributed by atoms with Gasteiger partial charge in [0.2, 0.25) is 15.6 Å². The molecule has 1 aliphatic heterocycles. The number of likely N-dealkylation sites (N-methyl/N-ethyl adjacent to an activating group) is 2. The highest BCUT2D eigenvalue weighted by atomic mass is 32.2. The number of rotatable bonds is 4. The summed E-state index contributed by atoms with van der Waals surface area (Å²) in [5, 5.41) is 0. The molecular formula is C12H19N3O3S. The molecule has 0 spiro atoms. The van der Waals surface area contributed by atoms with E-state index in [-0.39, 0.29) is 16.5 Å². The van der Waals surface area contributed by atoms with Gasteiger partial charge in [0.15, 0.2) is 0 Å². The summed E-state index contributed by atoms with van der Waals surface area (Å²) in [7, 11) is 0.0579. The van der Waals surface area contributed by atoms with Gasteiger partial charge in [-0.3, -0.25) is 4.79 Å². The molecule has 1 atom stereocenters. The normalized spacial score (nSPS) is 21.1. The van der Waals surface area contributed by atoms with Crippen LogP contribution >= 0.6 is 0 Å². The summed E-state index contributed by atoms with van der Waals surface area (Å²) >= 11 is 0. The highest BCUT2D eigenvalue weighted by molar-refractivity contribution is 7.89. The molecule has 0 radical (unpaired) electrons. The molecule has 1 unspecified atom stereocenters. The summed E-state index contributed by atoms with van der Waals surface area (Å²) in [6, 6.07) is 2.83. The SMILES string of the molecule is CN1CCCC1CN(C)S(=O)(=O)c1ccc(=O)[nH]c1. The number of pyridine rings is 1. The second kappa shape index (κ2) is 5.44. The van der Waals surface area contributed by atoms with Crippen molar-refractivity contribution in [2.24, 2.45) is 0 Å². The molecule has 0 amide bonds. The van der Waals surface area contributed by atoms with E-state index in [4.69, 9.17) is 0 Å². The Kier molecular flexibility index (Phi) is 4.07. The standard InChI is InChI=1S/C12H19N3O3S/c1-14-7-3-4-10(14)9-15(2)19(17,18)11-5-6-12(16)13-8-11/h5-6,8,10H,3-4,7,9H2,1-2H3,(H,13,16). The molecule has 19 heavy (non-hydrogen) atoms. The number of aromatic amines is 1. The van der Waals surface area contributed by atoms with Gasteiger partial charge in [0.1, 0.15) is 0 Å². The highest BCUT2D eigenvalue weighted by Crippen LogP contribution is 2.19. The molecule has 1 aromatic heterocycles. The van der Waals surface area contributed by atoms with Gasteiger partial charge in [0.05, 0.1) is 4.90 Å². The molecule has 0 aliphatic carbocycles. The van der Waals surface area contributed by atoms with Crippen LogP contribution in [0.2, 0.25) is 0 Å².